The van der Waals surface area contributed by atoms with Gasteiger partial charge >= 0.3 is 6.55 Å². The molecular formula is C14H17F2N3. The predicted molar refractivity (Wildman–Crippen MR) is 69.9 cm³/mol. The van der Waals surface area contributed by atoms with Crippen molar-refractivity contribution in [2.24, 2.45) is 0 Å². The van der Waals surface area contributed by atoms with Crippen molar-refractivity contribution in [2.45, 2.75) is 33.0 Å². The normalized spacial score (nSPS) is 12.9. The molecule has 5 heteroatoms. The molecule has 1 N–H and O–H groups in total. The number of aryl methyl sites for hydroxylation is 1. The third kappa shape index (κ3) is 3.38. The minimum Gasteiger partial charge on any atom is -0.303 e. The smallest absolute Gasteiger partial charge is 0.303 e. The Morgan fingerprint density at radius 2 is 1.95 bits per heavy atom. The quantitative estimate of drug-likeness (QED) is 0.897. The van der Waals surface area contributed by atoms with Gasteiger partial charge in [-0.1, -0.05) is 29.8 Å². The van der Waals surface area contributed by atoms with Gasteiger partial charge in [0.2, 0.25) is 0 Å². The summed E-state index contributed by atoms with van der Waals surface area (Å²) < 4.78 is 26.2. The van der Waals surface area contributed by atoms with Crippen LogP contribution in [0.1, 0.15) is 36.5 Å². The highest BCUT2D eigenvalue weighted by molar-refractivity contribution is 5.23. The Kier molecular flexibility index (Phi) is 4.27. The molecule has 0 aliphatic heterocycles. The molecule has 2 aromatic rings. The van der Waals surface area contributed by atoms with Crippen LogP contribution in [0.3, 0.4) is 0 Å². The van der Waals surface area contributed by atoms with Crippen molar-refractivity contribution in [2.75, 3.05) is 0 Å². The van der Waals surface area contributed by atoms with Gasteiger partial charge in [0.15, 0.2) is 0 Å². The highest BCUT2D eigenvalue weighted by Gasteiger charge is 2.12. The number of benzene rings is 1. The third-order valence-corrected chi connectivity index (χ3v) is 3.10. The summed E-state index contributed by atoms with van der Waals surface area (Å²) in [6.07, 6.45) is 2.68. The lowest BCUT2D eigenvalue weighted by molar-refractivity contribution is 0.0665. The fourth-order valence-corrected chi connectivity index (χ4v) is 1.88. The second kappa shape index (κ2) is 5.93. The molecular weight excluding hydrogens is 248 g/mol. The first-order chi connectivity index (χ1) is 9.08. The van der Waals surface area contributed by atoms with Crippen LogP contribution in [0, 0.1) is 6.92 Å². The van der Waals surface area contributed by atoms with Gasteiger partial charge in [0.25, 0.3) is 0 Å². The average molecular weight is 265 g/mol. The van der Waals surface area contributed by atoms with E-state index in [1.807, 2.05) is 38.1 Å². The Morgan fingerprint density at radius 1 is 1.26 bits per heavy atom. The zero-order chi connectivity index (χ0) is 13.8. The number of hydrogen-bond acceptors (Lipinski definition) is 2. The van der Waals surface area contributed by atoms with Gasteiger partial charge in [0.1, 0.15) is 5.82 Å². The minimum atomic E-state index is -2.55. The maximum atomic E-state index is 12.6. The number of aromatic nitrogens is 2. The fourth-order valence-electron chi connectivity index (χ4n) is 1.88. The summed E-state index contributed by atoms with van der Waals surface area (Å²) in [5, 5.41) is 3.20. The van der Waals surface area contributed by atoms with Crippen LogP contribution in [0.25, 0.3) is 0 Å². The van der Waals surface area contributed by atoms with E-state index in [-0.39, 0.29) is 6.04 Å². The molecule has 102 valence electrons. The van der Waals surface area contributed by atoms with Gasteiger partial charge in [0.05, 0.1) is 6.54 Å². The number of rotatable bonds is 5. The summed E-state index contributed by atoms with van der Waals surface area (Å²) >= 11 is 0. The molecule has 1 aromatic carbocycles. The van der Waals surface area contributed by atoms with Crippen LogP contribution in [-0.2, 0) is 6.54 Å². The monoisotopic (exact) mass is 265 g/mol. The Balaban J connectivity index is 1.98. The first-order valence-corrected chi connectivity index (χ1v) is 6.17. The van der Waals surface area contributed by atoms with Crippen LogP contribution in [0.5, 0.6) is 0 Å². The lowest BCUT2D eigenvalue weighted by Gasteiger charge is -2.15. The van der Waals surface area contributed by atoms with Crippen LogP contribution >= 0.6 is 0 Å². The van der Waals surface area contributed by atoms with E-state index in [9.17, 15) is 8.78 Å². The molecule has 0 amide bonds. The van der Waals surface area contributed by atoms with Crippen molar-refractivity contribution in [3.8, 4) is 0 Å². The molecule has 19 heavy (non-hydrogen) atoms. The second-order valence-corrected chi connectivity index (χ2v) is 4.54. The number of nitrogens with one attached hydrogen (secondary N) is 1. The van der Waals surface area contributed by atoms with E-state index >= 15 is 0 Å². The molecule has 0 aliphatic carbocycles. The Labute approximate surface area is 111 Å². The van der Waals surface area contributed by atoms with Crippen molar-refractivity contribution in [1.29, 1.82) is 0 Å². The minimum absolute atomic E-state index is 0.0865. The Hall–Kier alpha value is -1.75. The van der Waals surface area contributed by atoms with E-state index < -0.39 is 6.55 Å². The van der Waals surface area contributed by atoms with E-state index in [0.29, 0.717) is 12.4 Å². The highest BCUT2D eigenvalue weighted by Crippen LogP contribution is 2.15. The van der Waals surface area contributed by atoms with Crippen LogP contribution in [-0.4, -0.2) is 9.55 Å². The Bertz CT molecular complexity index is 520. The molecule has 1 aromatic heterocycles. The fraction of sp³-hybridized carbons (Fsp3) is 0.357. The zero-order valence-electron chi connectivity index (χ0n) is 11.0. The molecule has 1 unspecified atom stereocenters. The van der Waals surface area contributed by atoms with Crippen molar-refractivity contribution >= 4 is 0 Å². The second-order valence-electron chi connectivity index (χ2n) is 4.54. The van der Waals surface area contributed by atoms with Crippen LogP contribution in [0.4, 0.5) is 8.78 Å². The lowest BCUT2D eigenvalue weighted by Crippen LogP contribution is -2.20. The molecule has 1 heterocycles. The van der Waals surface area contributed by atoms with Gasteiger partial charge in [0, 0.05) is 18.4 Å². The first-order valence-electron chi connectivity index (χ1n) is 6.17. The number of imidazole rings is 1. The SMILES string of the molecule is Cc1ccc(C(C)NCc2nccn2C(F)F)cc1. The average Bonchev–Trinajstić information content (AvgIpc) is 2.85. The van der Waals surface area contributed by atoms with Crippen molar-refractivity contribution in [3.63, 3.8) is 0 Å². The van der Waals surface area contributed by atoms with E-state index in [0.717, 1.165) is 10.1 Å². The number of nitrogens with zero attached hydrogens (tertiary/aromatic N) is 2. The maximum absolute atomic E-state index is 12.6. The van der Waals surface area contributed by atoms with Crippen LogP contribution in [0.15, 0.2) is 36.7 Å². The molecule has 3 nitrogen and oxygen atoms in total. The largest absolute Gasteiger partial charge is 0.319 e. The number of hydrogen-bond donors (Lipinski definition) is 1. The van der Waals surface area contributed by atoms with Gasteiger partial charge in [-0.25, -0.2) is 4.98 Å². The molecule has 0 spiro atoms. The molecule has 2 rings (SSSR count). The summed E-state index contributed by atoms with van der Waals surface area (Å²) in [6, 6.07) is 8.23. The summed E-state index contributed by atoms with van der Waals surface area (Å²) in [4.78, 5) is 3.94. The molecule has 0 fully saturated rings. The van der Waals surface area contributed by atoms with Gasteiger partial charge < -0.3 is 5.32 Å². The van der Waals surface area contributed by atoms with Crippen molar-refractivity contribution in [3.05, 3.63) is 53.6 Å². The summed E-state index contributed by atoms with van der Waals surface area (Å²) in [5.74, 6) is 0.342. The lowest BCUT2D eigenvalue weighted by atomic mass is 10.1. The van der Waals surface area contributed by atoms with Crippen molar-refractivity contribution in [1.82, 2.24) is 14.9 Å². The van der Waals surface area contributed by atoms with Crippen molar-refractivity contribution < 1.29 is 8.78 Å². The summed E-state index contributed by atoms with van der Waals surface area (Å²) in [5.41, 5.74) is 2.32. The predicted octanol–water partition coefficient (Wildman–Crippen LogP) is 3.44. The van der Waals surface area contributed by atoms with E-state index in [4.69, 9.17) is 0 Å². The number of halogens is 2. The van der Waals surface area contributed by atoms with E-state index in [1.165, 1.54) is 18.0 Å². The zero-order valence-corrected chi connectivity index (χ0v) is 11.0. The van der Waals surface area contributed by atoms with E-state index in [2.05, 4.69) is 10.3 Å². The highest BCUT2D eigenvalue weighted by atomic mass is 19.3. The molecule has 0 saturated heterocycles. The molecule has 0 saturated carbocycles. The van der Waals surface area contributed by atoms with Gasteiger partial charge in [-0.05, 0) is 19.4 Å². The molecule has 1 atom stereocenters. The standard InChI is InChI=1S/C14H17F2N3/c1-10-3-5-12(6-4-10)11(2)18-9-13-17-7-8-19(13)14(15)16/h3-8,11,14,18H,9H2,1-2H3. The number of alkyl halides is 2. The maximum Gasteiger partial charge on any atom is 0.319 e. The molecule has 0 bridgehead atoms. The van der Waals surface area contributed by atoms with Gasteiger partial charge in [-0.2, -0.15) is 8.78 Å². The van der Waals surface area contributed by atoms with Crippen LogP contribution < -0.4 is 5.32 Å². The van der Waals surface area contributed by atoms with Gasteiger partial charge in [-0.15, -0.1) is 0 Å². The van der Waals surface area contributed by atoms with Crippen LogP contribution in [0.2, 0.25) is 0 Å². The third-order valence-electron chi connectivity index (χ3n) is 3.10. The molecule has 0 aliphatic rings. The molecule has 0 radical (unpaired) electrons. The summed E-state index contributed by atoms with van der Waals surface area (Å²) in [6.45, 7) is 1.79. The Morgan fingerprint density at radius 3 is 2.58 bits per heavy atom. The topological polar surface area (TPSA) is 29.9 Å². The van der Waals surface area contributed by atoms with E-state index in [1.54, 1.807) is 0 Å². The van der Waals surface area contributed by atoms with Gasteiger partial charge in [-0.3, -0.25) is 4.57 Å². The summed E-state index contributed by atoms with van der Waals surface area (Å²) in [7, 11) is 0. The first kappa shape index (κ1) is 13.7.